The molecular formula is C71H72Br2Cl2N12O9. The monoisotopic (exact) mass is 1460 g/mol. The van der Waals surface area contributed by atoms with Crippen LogP contribution >= 0.6 is 55.1 Å². The van der Waals surface area contributed by atoms with Crippen LogP contribution in [0, 0.1) is 10.8 Å². The molecule has 5 aliphatic rings. The highest BCUT2D eigenvalue weighted by molar-refractivity contribution is 9.11. The summed E-state index contributed by atoms with van der Waals surface area (Å²) in [7, 11) is 3.68. The van der Waals surface area contributed by atoms with Crippen molar-refractivity contribution < 1.29 is 43.5 Å². The lowest BCUT2D eigenvalue weighted by atomic mass is 9.80. The van der Waals surface area contributed by atoms with E-state index >= 15 is 0 Å². The summed E-state index contributed by atoms with van der Waals surface area (Å²) in [5, 5.41) is 26.5. The van der Waals surface area contributed by atoms with Gasteiger partial charge in [-0.25, -0.2) is 39.5 Å². The fourth-order valence-electron chi connectivity index (χ4n) is 15.3. The quantitative estimate of drug-likeness (QED) is 0.108. The van der Waals surface area contributed by atoms with Crippen LogP contribution in [0.25, 0.3) is 43.9 Å². The summed E-state index contributed by atoms with van der Waals surface area (Å²) in [6.07, 6.45) is 5.92. The molecule has 2 spiro atoms. The van der Waals surface area contributed by atoms with E-state index in [1.165, 1.54) is 17.6 Å². The van der Waals surface area contributed by atoms with Gasteiger partial charge in [0.2, 0.25) is 0 Å². The molecule has 3 saturated heterocycles. The van der Waals surface area contributed by atoms with Crippen LogP contribution in [0.1, 0.15) is 107 Å². The molecule has 21 nitrogen and oxygen atoms in total. The second-order valence-electron chi connectivity index (χ2n) is 27.5. The summed E-state index contributed by atoms with van der Waals surface area (Å²) in [6.45, 7) is 10.8. The van der Waals surface area contributed by atoms with Crippen molar-refractivity contribution in [2.75, 3.05) is 37.9 Å². The lowest BCUT2D eigenvalue weighted by molar-refractivity contribution is -0.168. The average molecular weight is 1470 g/mol. The van der Waals surface area contributed by atoms with E-state index in [1.807, 2.05) is 154 Å². The fourth-order valence-corrected chi connectivity index (χ4v) is 16.6. The molecule has 0 radical (unpaired) electrons. The largest absolute Gasteiger partial charge is 0.497 e. The van der Waals surface area contributed by atoms with Gasteiger partial charge in [0.1, 0.15) is 70.2 Å². The van der Waals surface area contributed by atoms with Crippen molar-refractivity contribution in [3.05, 3.63) is 182 Å². The number of anilines is 2. The van der Waals surface area contributed by atoms with Gasteiger partial charge in [0, 0.05) is 53.1 Å². The number of aliphatic hydroxyl groups excluding tert-OH is 2. The number of halogens is 4. The normalized spacial score (nSPS) is 25.3. The molecule has 3 aliphatic heterocycles. The molecule has 2 aliphatic carbocycles. The van der Waals surface area contributed by atoms with Gasteiger partial charge in [-0.2, -0.15) is 0 Å². The van der Waals surface area contributed by atoms with E-state index < -0.39 is 52.7 Å². The van der Waals surface area contributed by atoms with Crippen LogP contribution in [0.2, 0.25) is 10.3 Å². The Bertz CT molecular complexity index is 4640. The van der Waals surface area contributed by atoms with Gasteiger partial charge in [-0.15, -0.1) is 0 Å². The molecule has 9 heterocycles. The van der Waals surface area contributed by atoms with E-state index in [1.54, 1.807) is 7.11 Å². The van der Waals surface area contributed by atoms with Gasteiger partial charge in [-0.3, -0.25) is 9.80 Å². The number of hydrogen-bond acceptors (Lipinski definition) is 17. The highest BCUT2D eigenvalue weighted by Crippen LogP contribution is 2.62. The highest BCUT2D eigenvalue weighted by Gasteiger charge is 2.66. The third-order valence-corrected chi connectivity index (χ3v) is 21.5. The molecule has 10 atom stereocenters. The number of hydrogen-bond donors (Lipinski definition) is 3. The maximum atomic E-state index is 14.3. The van der Waals surface area contributed by atoms with Gasteiger partial charge in [-0.05, 0) is 170 Å². The third-order valence-electron chi connectivity index (χ3n) is 19.7. The van der Waals surface area contributed by atoms with Crippen LogP contribution in [0.5, 0.6) is 5.75 Å². The lowest BCUT2D eigenvalue weighted by Gasteiger charge is -2.32. The number of aliphatic hydroxyl groups is 2. The molecule has 25 heteroatoms. The Hall–Kier alpha value is -7.58. The first kappa shape index (κ1) is 65.7. The van der Waals surface area contributed by atoms with Crippen LogP contribution in [0.3, 0.4) is 0 Å². The molecule has 498 valence electrons. The first-order chi connectivity index (χ1) is 45.9. The minimum Gasteiger partial charge on any atom is -0.497 e. The molecule has 4 aromatic carbocycles. The Morgan fingerprint density at radius 1 is 0.719 bits per heavy atom. The van der Waals surface area contributed by atoms with Crippen molar-refractivity contribution >= 4 is 123 Å². The summed E-state index contributed by atoms with van der Waals surface area (Å²) < 4.78 is 36.3. The number of pyridine rings is 2. The molecule has 2 saturated carbocycles. The van der Waals surface area contributed by atoms with Gasteiger partial charge in [-0.1, -0.05) is 89.9 Å². The van der Waals surface area contributed by atoms with Crippen molar-refractivity contribution in [2.45, 2.75) is 133 Å². The fraction of sp³-hybridized carbons (Fsp3) is 0.380. The SMILES string of the molecule is CN1C[C@]2(CC1c1ccc3cc(Br)c(N)nc3c1)C[C@@H](n1ccc3c(Cl)ncnc31)[C@H](O)[C@@H]2O.COc1ccc(CN(C(=O)OCc2ccccc2)c2nc3cc(C4C[C@]5(C[C@@H](n6ccc7c(Cl)ncnc76)[C@@H]6OC(C)(C)O[C@@H]65)CN4C(=O)OC(C)(C)C)ccc3cc2Br)cc1. The average Bonchev–Trinajstić information content (AvgIpc) is 1.55. The number of nitrogen functional groups attached to an aromatic ring is 1. The standard InChI is InChI=1S/C47H48BrClN6O7.C24H24BrClN6O2/c1-45(2,3)62-44(57)55-26-47(23-37(38-39(47)61-46(4,5)60-38)53-19-18-33-40(49)50-27-51-41(33)53)22-36(55)31-15-14-30-20-34(48)42(52-35(30)21-31)54(24-28-12-16-32(58-6)17-13-28)43(56)59-25-29-10-8-7-9-11-29;1-31-10-24(8-17(31)13-3-2-12-6-15(25)22(27)30-16(12)7-13)9-18(19(33)20(24)34)32-5-4-14-21(26)28-11-29-23(14)32/h7-21,27,36-39H,22-26H2,1-6H3;2-7,11,17-20,33-34H,8-10H2,1H3,(H2,27,30)/t36?,37-,38+,39+,47+;17?,18-,19+,20+,24+/m11/s1. The third kappa shape index (κ3) is 12.3. The van der Waals surface area contributed by atoms with Crippen molar-refractivity contribution in [1.82, 2.24) is 48.8 Å². The number of rotatable bonds is 10. The minimum absolute atomic E-state index is 0.0920. The number of fused-ring (bicyclic) bond motifs is 6. The van der Waals surface area contributed by atoms with Gasteiger partial charge in [0.25, 0.3) is 0 Å². The van der Waals surface area contributed by atoms with Gasteiger partial charge in [0.05, 0.1) is 74.7 Å². The number of benzene rings is 4. The van der Waals surface area contributed by atoms with Gasteiger partial charge < -0.3 is 53.7 Å². The van der Waals surface area contributed by atoms with E-state index in [0.29, 0.717) is 81.3 Å². The van der Waals surface area contributed by atoms with Crippen LogP contribution in [-0.2, 0) is 32.1 Å². The number of likely N-dealkylation sites (tertiary alicyclic amines) is 2. The Morgan fingerprint density at radius 2 is 1.32 bits per heavy atom. The number of nitrogens with zero attached hydrogens (tertiary/aromatic N) is 11. The summed E-state index contributed by atoms with van der Waals surface area (Å²) in [4.78, 5) is 60.9. The van der Waals surface area contributed by atoms with Crippen molar-refractivity contribution in [1.29, 1.82) is 0 Å². The predicted molar refractivity (Wildman–Crippen MR) is 372 cm³/mol. The first-order valence-corrected chi connectivity index (χ1v) is 34.1. The zero-order valence-electron chi connectivity index (χ0n) is 53.8. The molecule has 6 aromatic heterocycles. The van der Waals surface area contributed by atoms with E-state index in [9.17, 15) is 19.8 Å². The molecular weight excluding hydrogens is 1400 g/mol. The molecule has 2 unspecified atom stereocenters. The Balaban J connectivity index is 0.000000195. The highest BCUT2D eigenvalue weighted by atomic mass is 79.9. The number of amides is 2. The Kier molecular flexibility index (Phi) is 17.4. The van der Waals surface area contributed by atoms with E-state index in [0.717, 1.165) is 60.2 Å². The van der Waals surface area contributed by atoms with Gasteiger partial charge >= 0.3 is 12.2 Å². The summed E-state index contributed by atoms with van der Waals surface area (Å²) in [5.41, 5.74) is 10.9. The van der Waals surface area contributed by atoms with Crippen molar-refractivity contribution in [3.8, 4) is 5.75 Å². The Labute approximate surface area is 581 Å². The van der Waals surface area contributed by atoms with Crippen LogP contribution in [0.15, 0.2) is 149 Å². The predicted octanol–water partition coefficient (Wildman–Crippen LogP) is 14.3. The second-order valence-corrected chi connectivity index (χ2v) is 29.9. The number of methoxy groups -OCH3 is 1. The van der Waals surface area contributed by atoms with E-state index in [-0.39, 0.29) is 43.5 Å². The van der Waals surface area contributed by atoms with Crippen LogP contribution in [-0.4, -0.2) is 134 Å². The Morgan fingerprint density at radius 3 is 1.97 bits per heavy atom. The van der Waals surface area contributed by atoms with Crippen molar-refractivity contribution in [3.63, 3.8) is 0 Å². The lowest BCUT2D eigenvalue weighted by Crippen LogP contribution is -2.41. The molecule has 0 bridgehead atoms. The summed E-state index contributed by atoms with van der Waals surface area (Å²) in [6, 6.07) is 36.3. The van der Waals surface area contributed by atoms with E-state index in [2.05, 4.69) is 91.5 Å². The van der Waals surface area contributed by atoms with Crippen LogP contribution in [0.4, 0.5) is 21.2 Å². The first-order valence-electron chi connectivity index (χ1n) is 31.8. The maximum absolute atomic E-state index is 14.3. The maximum Gasteiger partial charge on any atom is 0.416 e. The molecule has 15 rings (SSSR count). The van der Waals surface area contributed by atoms with Crippen LogP contribution < -0.4 is 15.4 Å². The number of ether oxygens (including phenoxy) is 5. The number of carbonyl (C=O) groups excluding carboxylic acids is 2. The number of carbonyl (C=O) groups is 2. The zero-order valence-corrected chi connectivity index (χ0v) is 58.5. The molecule has 96 heavy (non-hydrogen) atoms. The molecule has 5 fully saturated rings. The number of nitrogens with two attached hydrogens (primary N) is 1. The van der Waals surface area contributed by atoms with E-state index in [4.69, 9.17) is 57.6 Å². The molecule has 10 aromatic rings. The van der Waals surface area contributed by atoms with Crippen molar-refractivity contribution in [2.24, 2.45) is 10.8 Å². The molecule has 2 amide bonds. The topological polar surface area (TPSA) is 244 Å². The minimum atomic E-state index is -0.910. The second kappa shape index (κ2) is 25.4. The van der Waals surface area contributed by atoms with Gasteiger partial charge in [0.15, 0.2) is 11.6 Å². The number of aromatic nitrogens is 8. The summed E-state index contributed by atoms with van der Waals surface area (Å²) in [5.74, 6) is 0.692. The summed E-state index contributed by atoms with van der Waals surface area (Å²) >= 11 is 19.9. The smallest absolute Gasteiger partial charge is 0.416 e. The zero-order chi connectivity index (χ0) is 67.3. The molecule has 4 N–H and O–H groups in total.